The summed E-state index contributed by atoms with van der Waals surface area (Å²) in [5, 5.41) is 6.48. The van der Waals surface area contributed by atoms with Crippen molar-refractivity contribution in [2.24, 2.45) is 0 Å². The van der Waals surface area contributed by atoms with Crippen LogP contribution in [-0.2, 0) is 4.79 Å². The molecule has 2 N–H and O–H groups in total. The Morgan fingerprint density at radius 3 is 2.84 bits per heavy atom. The molecule has 0 saturated carbocycles. The number of hydrogen-bond donors (Lipinski definition) is 2. The second kappa shape index (κ2) is 5.74. The van der Waals surface area contributed by atoms with E-state index in [2.05, 4.69) is 35.8 Å². The molecule has 1 unspecified atom stereocenters. The molecule has 2 atom stereocenters. The van der Waals surface area contributed by atoms with Gasteiger partial charge in [0.05, 0.1) is 11.6 Å². The van der Waals surface area contributed by atoms with Gasteiger partial charge in [-0.3, -0.25) is 4.79 Å². The number of carbonyl (C=O) groups is 1. The second-order valence-corrected chi connectivity index (χ2v) is 5.83. The third-order valence-corrected chi connectivity index (χ3v) is 4.01. The summed E-state index contributed by atoms with van der Waals surface area (Å²) in [6.45, 7) is 7.05. The van der Waals surface area contributed by atoms with Gasteiger partial charge in [0.15, 0.2) is 0 Å². The van der Waals surface area contributed by atoms with Crippen LogP contribution in [0.5, 0.6) is 0 Å². The van der Waals surface area contributed by atoms with E-state index in [1.165, 1.54) is 5.56 Å². The van der Waals surface area contributed by atoms with Crippen LogP contribution in [0.2, 0.25) is 0 Å². The molecule has 1 aromatic carbocycles. The van der Waals surface area contributed by atoms with Crippen molar-refractivity contribution in [3.63, 3.8) is 0 Å². The Kier molecular flexibility index (Phi) is 4.25. The zero-order chi connectivity index (χ0) is 13.9. The van der Waals surface area contributed by atoms with Crippen LogP contribution in [0.3, 0.4) is 0 Å². The first-order valence-corrected chi connectivity index (χ1v) is 7.14. The molecule has 3 heteroatoms. The van der Waals surface area contributed by atoms with Gasteiger partial charge in [-0.05, 0) is 52.1 Å². The number of benzene rings is 1. The number of nitrogens with one attached hydrogen (secondary N) is 2. The molecular formula is C16H24N2O. The van der Waals surface area contributed by atoms with Crippen LogP contribution in [-0.4, -0.2) is 18.0 Å². The van der Waals surface area contributed by atoms with Crippen molar-refractivity contribution in [3.8, 4) is 0 Å². The van der Waals surface area contributed by atoms with Crippen LogP contribution in [0.4, 0.5) is 0 Å². The molecule has 0 bridgehead atoms. The van der Waals surface area contributed by atoms with Crippen molar-refractivity contribution in [1.82, 2.24) is 10.6 Å². The van der Waals surface area contributed by atoms with Crippen molar-refractivity contribution < 1.29 is 4.79 Å². The molecular weight excluding hydrogens is 236 g/mol. The first-order chi connectivity index (χ1) is 9.01. The van der Waals surface area contributed by atoms with Crippen LogP contribution in [0.25, 0.3) is 0 Å². The van der Waals surface area contributed by atoms with Crippen molar-refractivity contribution >= 4 is 5.91 Å². The van der Waals surface area contributed by atoms with Gasteiger partial charge in [-0.2, -0.15) is 0 Å². The summed E-state index contributed by atoms with van der Waals surface area (Å²) in [5.74, 6) is 0.112. The summed E-state index contributed by atoms with van der Waals surface area (Å²) in [6, 6.07) is 8.35. The van der Waals surface area contributed by atoms with Crippen molar-refractivity contribution in [1.29, 1.82) is 0 Å². The summed E-state index contributed by atoms with van der Waals surface area (Å²) < 4.78 is 0. The number of aryl methyl sites for hydroxylation is 1. The van der Waals surface area contributed by atoms with Crippen LogP contribution in [0.15, 0.2) is 24.3 Å². The number of amides is 1. The summed E-state index contributed by atoms with van der Waals surface area (Å²) >= 11 is 0. The summed E-state index contributed by atoms with van der Waals surface area (Å²) in [5.41, 5.74) is 1.98. The number of piperidine rings is 1. The van der Waals surface area contributed by atoms with Gasteiger partial charge in [-0.15, -0.1) is 0 Å². The van der Waals surface area contributed by atoms with Crippen LogP contribution in [0, 0.1) is 6.92 Å². The summed E-state index contributed by atoms with van der Waals surface area (Å²) in [7, 11) is 0. The number of hydrogen-bond acceptors (Lipinski definition) is 2. The molecule has 0 aliphatic carbocycles. The highest BCUT2D eigenvalue weighted by atomic mass is 16.2. The smallest absolute Gasteiger partial charge is 0.240 e. The third-order valence-electron chi connectivity index (χ3n) is 4.01. The van der Waals surface area contributed by atoms with Gasteiger partial charge < -0.3 is 10.6 Å². The molecule has 1 saturated heterocycles. The number of carbonyl (C=O) groups excluding carboxylic acids is 1. The molecule has 1 aliphatic rings. The summed E-state index contributed by atoms with van der Waals surface area (Å²) in [6.07, 6.45) is 3.20. The molecule has 1 fully saturated rings. The molecule has 19 heavy (non-hydrogen) atoms. The molecule has 1 aromatic rings. The Hall–Kier alpha value is -1.35. The van der Waals surface area contributed by atoms with Crippen LogP contribution in [0.1, 0.15) is 50.3 Å². The zero-order valence-corrected chi connectivity index (χ0v) is 12.1. The quantitative estimate of drug-likeness (QED) is 0.877. The predicted octanol–water partition coefficient (Wildman–Crippen LogP) is 2.70. The highest BCUT2D eigenvalue weighted by molar-refractivity contribution is 5.86. The normalized spacial score (nSPS) is 24.8. The second-order valence-electron chi connectivity index (χ2n) is 5.83. The fourth-order valence-corrected chi connectivity index (χ4v) is 2.63. The number of rotatable bonds is 3. The van der Waals surface area contributed by atoms with Crippen molar-refractivity contribution in [3.05, 3.63) is 35.4 Å². The largest absolute Gasteiger partial charge is 0.348 e. The average molecular weight is 260 g/mol. The van der Waals surface area contributed by atoms with Gasteiger partial charge in [0.2, 0.25) is 5.91 Å². The summed E-state index contributed by atoms with van der Waals surface area (Å²) in [4.78, 5) is 12.4. The van der Waals surface area contributed by atoms with Crippen LogP contribution < -0.4 is 10.6 Å². The molecule has 1 aliphatic heterocycles. The maximum atomic E-state index is 12.4. The first kappa shape index (κ1) is 14.1. The van der Waals surface area contributed by atoms with E-state index >= 15 is 0 Å². The van der Waals surface area contributed by atoms with Gasteiger partial charge in [0, 0.05) is 0 Å². The van der Waals surface area contributed by atoms with E-state index in [0.717, 1.165) is 31.4 Å². The Labute approximate surface area is 115 Å². The fraction of sp³-hybridized carbons (Fsp3) is 0.562. The van der Waals surface area contributed by atoms with Crippen molar-refractivity contribution in [2.75, 3.05) is 6.54 Å². The Morgan fingerprint density at radius 1 is 1.42 bits per heavy atom. The van der Waals surface area contributed by atoms with Gasteiger partial charge >= 0.3 is 0 Å². The lowest BCUT2D eigenvalue weighted by molar-refractivity contribution is -0.128. The minimum Gasteiger partial charge on any atom is -0.348 e. The molecule has 104 valence electrons. The molecule has 0 spiro atoms. The van der Waals surface area contributed by atoms with E-state index in [1.807, 2.05) is 19.9 Å². The monoisotopic (exact) mass is 260 g/mol. The molecule has 0 aromatic heterocycles. The van der Waals surface area contributed by atoms with Gasteiger partial charge in [0.1, 0.15) is 0 Å². The third kappa shape index (κ3) is 3.35. The molecule has 1 heterocycles. The minimum atomic E-state index is -0.406. The zero-order valence-electron chi connectivity index (χ0n) is 12.1. The minimum absolute atomic E-state index is 0.0490. The fourth-order valence-electron chi connectivity index (χ4n) is 2.63. The van der Waals surface area contributed by atoms with E-state index in [4.69, 9.17) is 0 Å². The van der Waals surface area contributed by atoms with Gasteiger partial charge in [-0.25, -0.2) is 0 Å². The maximum Gasteiger partial charge on any atom is 0.240 e. The van der Waals surface area contributed by atoms with E-state index in [-0.39, 0.29) is 11.9 Å². The highest BCUT2D eigenvalue weighted by Gasteiger charge is 2.34. The Morgan fingerprint density at radius 2 is 2.21 bits per heavy atom. The van der Waals surface area contributed by atoms with E-state index < -0.39 is 5.54 Å². The molecule has 2 rings (SSSR count). The first-order valence-electron chi connectivity index (χ1n) is 7.14. The standard InChI is InChI=1S/C16H24N2O/c1-12-7-6-8-14(11-12)13(2)18-15(19)16(3)9-4-5-10-17-16/h6-8,11,13,17H,4-5,9-10H2,1-3H3,(H,18,19)/t13-,16?/m0/s1. The maximum absolute atomic E-state index is 12.4. The lowest BCUT2D eigenvalue weighted by atomic mass is 9.89. The van der Waals surface area contributed by atoms with Gasteiger partial charge in [-0.1, -0.05) is 29.8 Å². The van der Waals surface area contributed by atoms with Crippen LogP contribution >= 0.6 is 0 Å². The van der Waals surface area contributed by atoms with E-state index in [1.54, 1.807) is 0 Å². The highest BCUT2D eigenvalue weighted by Crippen LogP contribution is 2.21. The lowest BCUT2D eigenvalue weighted by Gasteiger charge is -2.34. The average Bonchev–Trinajstić information content (AvgIpc) is 2.39. The molecule has 0 radical (unpaired) electrons. The Bertz CT molecular complexity index is 450. The predicted molar refractivity (Wildman–Crippen MR) is 78.0 cm³/mol. The SMILES string of the molecule is Cc1cccc([C@H](C)NC(=O)C2(C)CCCCN2)c1. The molecule has 3 nitrogen and oxygen atoms in total. The van der Waals surface area contributed by atoms with E-state index in [9.17, 15) is 4.79 Å². The van der Waals surface area contributed by atoms with Crippen molar-refractivity contribution in [2.45, 2.75) is 51.6 Å². The molecule has 1 amide bonds. The lowest BCUT2D eigenvalue weighted by Crippen LogP contribution is -2.57. The Balaban J connectivity index is 2.02. The van der Waals surface area contributed by atoms with Gasteiger partial charge in [0.25, 0.3) is 0 Å². The topological polar surface area (TPSA) is 41.1 Å². The van der Waals surface area contributed by atoms with E-state index in [0.29, 0.717) is 0 Å².